The van der Waals surface area contributed by atoms with Gasteiger partial charge in [0, 0.05) is 37.3 Å². The summed E-state index contributed by atoms with van der Waals surface area (Å²) in [7, 11) is 1.55. The zero-order valence-electron chi connectivity index (χ0n) is 18.5. The van der Waals surface area contributed by atoms with Crippen LogP contribution in [0.25, 0.3) is 0 Å². The monoisotopic (exact) mass is 465 g/mol. The highest BCUT2D eigenvalue weighted by molar-refractivity contribution is 5.95. The number of benzene rings is 2. The van der Waals surface area contributed by atoms with Gasteiger partial charge in [-0.3, -0.25) is 4.79 Å². The highest BCUT2D eigenvalue weighted by atomic mass is 19.4. The summed E-state index contributed by atoms with van der Waals surface area (Å²) in [6, 6.07) is 18.5. The van der Waals surface area contributed by atoms with Crippen LogP contribution < -0.4 is 9.64 Å². The van der Waals surface area contributed by atoms with E-state index in [0.29, 0.717) is 43.1 Å². The van der Waals surface area contributed by atoms with Crippen LogP contribution in [0.1, 0.15) is 27.2 Å². The summed E-state index contributed by atoms with van der Waals surface area (Å²) < 4.78 is 44.3. The van der Waals surface area contributed by atoms with Crippen molar-refractivity contribution in [3.63, 3.8) is 0 Å². The molecule has 2 aromatic carbocycles. The summed E-state index contributed by atoms with van der Waals surface area (Å²) >= 11 is 0. The van der Waals surface area contributed by atoms with Crippen molar-refractivity contribution in [2.75, 3.05) is 38.2 Å². The molecule has 1 fully saturated rings. The smallest absolute Gasteiger partial charge is 0.433 e. The number of pyridine rings is 1. The minimum Gasteiger partial charge on any atom is -0.495 e. The van der Waals surface area contributed by atoms with E-state index in [2.05, 4.69) is 16.8 Å². The molecule has 0 radical (unpaired) electrons. The van der Waals surface area contributed by atoms with Crippen LogP contribution in [-0.4, -0.2) is 49.1 Å². The highest BCUT2D eigenvalue weighted by Gasteiger charge is 2.33. The molecular formula is C26H22F3N3O2. The van der Waals surface area contributed by atoms with Gasteiger partial charge in [0.05, 0.1) is 12.7 Å². The van der Waals surface area contributed by atoms with Gasteiger partial charge in [0.15, 0.2) is 0 Å². The van der Waals surface area contributed by atoms with Gasteiger partial charge in [-0.25, -0.2) is 4.98 Å². The number of anilines is 1. The molecule has 5 nitrogen and oxygen atoms in total. The molecule has 174 valence electrons. The number of carbonyl (C=O) groups excluding carboxylic acids is 1. The number of halogens is 3. The van der Waals surface area contributed by atoms with Crippen molar-refractivity contribution in [2.24, 2.45) is 0 Å². The maximum absolute atomic E-state index is 13.1. The second-order valence-corrected chi connectivity index (χ2v) is 7.69. The van der Waals surface area contributed by atoms with Crippen LogP contribution in [0.2, 0.25) is 0 Å². The molecule has 1 aromatic heterocycles. The summed E-state index contributed by atoms with van der Waals surface area (Å²) in [6.07, 6.45) is -4.50. The first kappa shape index (κ1) is 23.2. The van der Waals surface area contributed by atoms with Crippen LogP contribution in [0.15, 0.2) is 66.7 Å². The molecule has 3 aromatic rings. The minimum absolute atomic E-state index is 0.165. The summed E-state index contributed by atoms with van der Waals surface area (Å²) in [6.45, 7) is 1.51. The number of ether oxygens (including phenoxy) is 1. The normalized spacial score (nSPS) is 13.8. The molecule has 1 aliphatic rings. The maximum Gasteiger partial charge on any atom is 0.433 e. The molecule has 1 amide bonds. The number of rotatable bonds is 3. The van der Waals surface area contributed by atoms with E-state index in [1.807, 2.05) is 30.3 Å². The van der Waals surface area contributed by atoms with E-state index in [4.69, 9.17) is 4.74 Å². The highest BCUT2D eigenvalue weighted by Crippen LogP contribution is 2.29. The second-order valence-electron chi connectivity index (χ2n) is 7.69. The topological polar surface area (TPSA) is 45.7 Å². The summed E-state index contributed by atoms with van der Waals surface area (Å²) in [5.74, 6) is 6.80. The molecule has 0 unspecified atom stereocenters. The van der Waals surface area contributed by atoms with Gasteiger partial charge in [-0.15, -0.1) is 0 Å². The number of hydrogen-bond donors (Lipinski definition) is 0. The molecule has 8 heteroatoms. The van der Waals surface area contributed by atoms with Crippen LogP contribution in [-0.2, 0) is 6.18 Å². The van der Waals surface area contributed by atoms with Crippen LogP contribution >= 0.6 is 0 Å². The zero-order valence-corrected chi connectivity index (χ0v) is 18.5. The number of hydrogen-bond acceptors (Lipinski definition) is 4. The van der Waals surface area contributed by atoms with Gasteiger partial charge in [-0.2, -0.15) is 13.2 Å². The number of nitrogens with zero attached hydrogens (tertiary/aromatic N) is 3. The van der Waals surface area contributed by atoms with Gasteiger partial charge in [0.25, 0.3) is 5.91 Å². The van der Waals surface area contributed by atoms with Crippen molar-refractivity contribution >= 4 is 11.7 Å². The Balaban J connectivity index is 1.47. The van der Waals surface area contributed by atoms with Crippen molar-refractivity contribution in [3.05, 3.63) is 89.1 Å². The van der Waals surface area contributed by atoms with E-state index in [1.165, 1.54) is 6.07 Å². The van der Waals surface area contributed by atoms with Crippen LogP contribution in [0.5, 0.6) is 5.75 Å². The van der Waals surface area contributed by atoms with Crippen molar-refractivity contribution in [1.82, 2.24) is 9.88 Å². The fourth-order valence-corrected chi connectivity index (χ4v) is 3.68. The predicted octanol–water partition coefficient (Wildman–Crippen LogP) is 4.47. The number of amides is 1. The largest absolute Gasteiger partial charge is 0.495 e. The Morgan fingerprint density at radius 2 is 1.68 bits per heavy atom. The second kappa shape index (κ2) is 9.87. The fourth-order valence-electron chi connectivity index (χ4n) is 3.68. The molecule has 0 atom stereocenters. The van der Waals surface area contributed by atoms with Crippen molar-refractivity contribution in [2.45, 2.75) is 6.18 Å². The SMILES string of the molecule is COc1ccc(C(=O)N2CCN(c3cccc(C(F)(F)F)n3)CC2)cc1C#Cc1ccccc1. The quantitative estimate of drug-likeness (QED) is 0.536. The van der Waals surface area contributed by atoms with Gasteiger partial charge in [0.1, 0.15) is 17.3 Å². The summed E-state index contributed by atoms with van der Waals surface area (Å²) in [4.78, 5) is 20.3. The molecule has 34 heavy (non-hydrogen) atoms. The van der Waals surface area contributed by atoms with Crippen LogP contribution in [0, 0.1) is 11.8 Å². The number of alkyl halides is 3. The average molecular weight is 465 g/mol. The van der Waals surface area contributed by atoms with Crippen LogP contribution in [0.3, 0.4) is 0 Å². The lowest BCUT2D eigenvalue weighted by Crippen LogP contribution is -2.49. The van der Waals surface area contributed by atoms with Crippen LogP contribution in [0.4, 0.5) is 19.0 Å². The third kappa shape index (κ3) is 5.31. The molecule has 1 aliphatic heterocycles. The average Bonchev–Trinajstić information content (AvgIpc) is 2.87. The molecule has 1 saturated heterocycles. The first-order chi connectivity index (χ1) is 16.3. The Morgan fingerprint density at radius 1 is 0.941 bits per heavy atom. The van der Waals surface area contributed by atoms with E-state index in [0.717, 1.165) is 11.6 Å². The Bertz CT molecular complexity index is 1230. The van der Waals surface area contributed by atoms with Gasteiger partial charge >= 0.3 is 6.18 Å². The van der Waals surface area contributed by atoms with Gasteiger partial charge in [-0.05, 0) is 42.5 Å². The number of carbonyl (C=O) groups is 1. The van der Waals surface area contributed by atoms with E-state index >= 15 is 0 Å². The summed E-state index contributed by atoms with van der Waals surface area (Å²) in [5.41, 5.74) is 0.999. The van der Waals surface area contributed by atoms with E-state index < -0.39 is 11.9 Å². The molecule has 0 aliphatic carbocycles. The lowest BCUT2D eigenvalue weighted by atomic mass is 10.1. The number of methoxy groups -OCH3 is 1. The van der Waals surface area contributed by atoms with E-state index in [1.54, 1.807) is 41.2 Å². The van der Waals surface area contributed by atoms with Gasteiger partial charge < -0.3 is 14.5 Å². The van der Waals surface area contributed by atoms with E-state index in [9.17, 15) is 18.0 Å². The third-order valence-electron chi connectivity index (χ3n) is 5.48. The standard InChI is InChI=1S/C26H22F3N3O2/c1-34-22-13-12-21(18-20(22)11-10-19-6-3-2-4-7-19)25(33)32-16-14-31(15-17-32)24-9-5-8-23(30-24)26(27,28)29/h2-9,12-13,18H,14-17H2,1H3. The predicted molar refractivity (Wildman–Crippen MR) is 123 cm³/mol. The Labute approximate surface area is 195 Å². The molecule has 4 rings (SSSR count). The maximum atomic E-state index is 13.1. The molecular weight excluding hydrogens is 443 g/mol. The summed E-state index contributed by atoms with van der Waals surface area (Å²) in [5, 5.41) is 0. The Hall–Kier alpha value is -3.99. The van der Waals surface area contributed by atoms with E-state index in [-0.39, 0.29) is 11.7 Å². The lowest BCUT2D eigenvalue weighted by Gasteiger charge is -2.35. The first-order valence-electron chi connectivity index (χ1n) is 10.7. The van der Waals surface area contributed by atoms with Crippen molar-refractivity contribution in [3.8, 4) is 17.6 Å². The fraction of sp³-hybridized carbons (Fsp3) is 0.231. The van der Waals surface area contributed by atoms with Crippen molar-refractivity contribution in [1.29, 1.82) is 0 Å². The Kier molecular flexibility index (Phi) is 6.73. The molecule has 0 spiro atoms. The minimum atomic E-state index is -4.50. The molecule has 0 N–H and O–H groups in total. The first-order valence-corrected chi connectivity index (χ1v) is 10.7. The Morgan fingerprint density at radius 3 is 2.35 bits per heavy atom. The molecule has 2 heterocycles. The zero-order chi connectivity index (χ0) is 24.1. The van der Waals surface area contributed by atoms with Crippen molar-refractivity contribution < 1.29 is 22.7 Å². The lowest BCUT2D eigenvalue weighted by molar-refractivity contribution is -0.141. The number of aromatic nitrogens is 1. The van der Waals surface area contributed by atoms with Gasteiger partial charge in [-0.1, -0.05) is 36.1 Å². The number of piperazine rings is 1. The molecule has 0 saturated carbocycles. The molecule has 0 bridgehead atoms. The third-order valence-corrected chi connectivity index (χ3v) is 5.48. The van der Waals surface area contributed by atoms with Gasteiger partial charge in [0.2, 0.25) is 0 Å².